The number of benzene rings is 2. The molecule has 0 fully saturated rings. The van der Waals surface area contributed by atoms with E-state index in [0.29, 0.717) is 28.1 Å². The first-order chi connectivity index (χ1) is 18.2. The number of carboxylic acid groups (broad SMARTS) is 1. The molecule has 7 N–H and O–H groups in total. The van der Waals surface area contributed by atoms with E-state index in [2.05, 4.69) is 20.8 Å². The van der Waals surface area contributed by atoms with Crippen LogP contribution in [-0.4, -0.2) is 50.8 Å². The van der Waals surface area contributed by atoms with Crippen LogP contribution in [0.4, 0.5) is 11.5 Å². The number of pyridine rings is 1. The molecule has 1 aromatic heterocycles. The zero-order valence-corrected chi connectivity index (χ0v) is 20.8. The Morgan fingerprint density at radius 2 is 1.89 bits per heavy atom. The first-order valence-corrected chi connectivity index (χ1v) is 11.6. The van der Waals surface area contributed by atoms with Crippen LogP contribution in [0.3, 0.4) is 0 Å². The molecule has 38 heavy (non-hydrogen) atoms. The van der Waals surface area contributed by atoms with E-state index in [9.17, 15) is 14.7 Å². The fraction of sp³-hybridized carbons (Fsp3) is 0.231. The number of aliphatic carboxylic acids is 1. The van der Waals surface area contributed by atoms with Crippen LogP contribution in [0, 0.1) is 0 Å². The van der Waals surface area contributed by atoms with Gasteiger partial charge in [-0.3, -0.25) is 4.79 Å². The Hall–Kier alpha value is -4.84. The number of amides is 1. The summed E-state index contributed by atoms with van der Waals surface area (Å²) in [6.45, 7) is 2.85. The lowest BCUT2D eigenvalue weighted by Gasteiger charge is -2.20. The van der Waals surface area contributed by atoms with E-state index in [4.69, 9.17) is 25.5 Å². The molecule has 0 aliphatic heterocycles. The summed E-state index contributed by atoms with van der Waals surface area (Å²) in [5.41, 5.74) is 7.83. The molecular formula is C26H29N5O7. The largest absolute Gasteiger partial charge is 0.487 e. The normalized spacial score (nSPS) is 11.2. The number of carbonyl (C=O) groups excluding carboxylic acids is 1. The zero-order chi connectivity index (χ0) is 27.7. The molecule has 0 aliphatic carbocycles. The Kier molecular flexibility index (Phi) is 9.43. The highest BCUT2D eigenvalue weighted by atomic mass is 16.5. The first-order valence-electron chi connectivity index (χ1n) is 11.6. The van der Waals surface area contributed by atoms with Gasteiger partial charge in [0.2, 0.25) is 0 Å². The smallest absolute Gasteiger partial charge is 0.341 e. The molecule has 1 heterocycles. The zero-order valence-electron chi connectivity index (χ0n) is 20.8. The maximum Gasteiger partial charge on any atom is 0.341 e. The summed E-state index contributed by atoms with van der Waals surface area (Å²) in [4.78, 5) is 28.5. The molecule has 0 spiro atoms. The number of oxime groups is 1. The highest BCUT2D eigenvalue weighted by Crippen LogP contribution is 2.35. The number of aromatic nitrogens is 1. The van der Waals surface area contributed by atoms with Crippen molar-refractivity contribution in [1.29, 1.82) is 0 Å². The Morgan fingerprint density at radius 3 is 2.53 bits per heavy atom. The summed E-state index contributed by atoms with van der Waals surface area (Å²) >= 11 is 0. The molecule has 2 aromatic carbocycles. The second-order valence-electron chi connectivity index (χ2n) is 8.36. The topological polar surface area (TPSA) is 189 Å². The molecule has 0 bridgehead atoms. The maximum atomic E-state index is 13.0. The number of aliphatic hydroxyl groups is 1. The number of aliphatic hydroxyl groups excluding tert-OH is 1. The third-order valence-corrected chi connectivity index (χ3v) is 5.12. The molecule has 0 saturated carbocycles. The summed E-state index contributed by atoms with van der Waals surface area (Å²) in [5.74, 6) is -0.887. The van der Waals surface area contributed by atoms with Gasteiger partial charge in [-0.2, -0.15) is 0 Å². The van der Waals surface area contributed by atoms with Gasteiger partial charge in [0.1, 0.15) is 5.82 Å². The average molecular weight is 524 g/mol. The summed E-state index contributed by atoms with van der Waals surface area (Å²) in [6.07, 6.45) is 1.29. The Morgan fingerprint density at radius 1 is 1.16 bits per heavy atom. The number of hydrogen-bond acceptors (Lipinski definition) is 9. The number of nitrogens with two attached hydrogens (primary N) is 1. The number of amidine groups is 1. The molecule has 0 unspecified atom stereocenters. The molecule has 0 atom stereocenters. The van der Waals surface area contributed by atoms with Crippen molar-refractivity contribution in [3.05, 3.63) is 77.0 Å². The molecular weight excluding hydrogens is 494 g/mol. The predicted octanol–water partition coefficient (Wildman–Crippen LogP) is 2.78. The van der Waals surface area contributed by atoms with Crippen molar-refractivity contribution in [2.24, 2.45) is 10.9 Å². The SMILES string of the molecule is CC(C)Oc1cc(CO)cc(CNc2ncccc2C(=O)Nc2ccc(/C(N)=N/O)cc2)c1OCC(=O)O. The predicted molar refractivity (Wildman–Crippen MR) is 140 cm³/mol. The molecule has 0 radical (unpaired) electrons. The van der Waals surface area contributed by atoms with Crippen LogP contribution in [-0.2, 0) is 17.9 Å². The summed E-state index contributed by atoms with van der Waals surface area (Å²) in [5, 5.41) is 36.4. The van der Waals surface area contributed by atoms with Gasteiger partial charge in [0.05, 0.1) is 18.3 Å². The molecule has 3 aromatic rings. The number of carboxylic acids is 1. The molecule has 200 valence electrons. The molecule has 12 heteroatoms. The van der Waals surface area contributed by atoms with Crippen LogP contribution >= 0.6 is 0 Å². The van der Waals surface area contributed by atoms with E-state index in [1.165, 1.54) is 6.20 Å². The monoisotopic (exact) mass is 523 g/mol. The number of anilines is 2. The minimum absolute atomic E-state index is 0.0551. The van der Waals surface area contributed by atoms with Crippen LogP contribution in [0.1, 0.15) is 40.9 Å². The quantitative estimate of drug-likeness (QED) is 0.0891. The summed E-state index contributed by atoms with van der Waals surface area (Å²) < 4.78 is 11.3. The third kappa shape index (κ3) is 7.34. The van der Waals surface area contributed by atoms with Crippen molar-refractivity contribution in [2.75, 3.05) is 17.2 Å². The number of nitrogens with one attached hydrogen (secondary N) is 2. The second kappa shape index (κ2) is 12.9. The van der Waals surface area contributed by atoms with Gasteiger partial charge in [-0.15, -0.1) is 0 Å². The van der Waals surface area contributed by atoms with E-state index >= 15 is 0 Å². The number of rotatable bonds is 12. The molecule has 0 saturated heterocycles. The lowest BCUT2D eigenvalue weighted by molar-refractivity contribution is -0.139. The standard InChI is InChI=1S/C26H29N5O7/c1-15(2)38-21-11-16(13-32)10-18(23(21)37-14-22(33)34)12-29-25-20(4-3-9-28-25)26(35)30-19-7-5-17(6-8-19)24(27)31-36/h3-11,15,32,36H,12-14H2,1-2H3,(H2,27,31)(H,28,29)(H,30,35)(H,33,34). The van der Waals surface area contributed by atoms with Crippen molar-refractivity contribution in [1.82, 2.24) is 4.98 Å². The van der Waals surface area contributed by atoms with Gasteiger partial charge in [0.15, 0.2) is 23.9 Å². The minimum Gasteiger partial charge on any atom is -0.487 e. The van der Waals surface area contributed by atoms with Crippen molar-refractivity contribution in [3.8, 4) is 11.5 Å². The molecule has 1 amide bonds. The number of ether oxygens (including phenoxy) is 2. The highest BCUT2D eigenvalue weighted by Gasteiger charge is 2.18. The number of nitrogens with zero attached hydrogens (tertiary/aromatic N) is 2. The van der Waals surface area contributed by atoms with Crippen LogP contribution < -0.4 is 25.8 Å². The van der Waals surface area contributed by atoms with Crippen LogP contribution in [0.15, 0.2) is 59.9 Å². The minimum atomic E-state index is -1.16. The van der Waals surface area contributed by atoms with E-state index in [0.717, 1.165) is 0 Å². The van der Waals surface area contributed by atoms with Crippen molar-refractivity contribution in [3.63, 3.8) is 0 Å². The van der Waals surface area contributed by atoms with Crippen LogP contribution in [0.2, 0.25) is 0 Å². The van der Waals surface area contributed by atoms with Crippen LogP contribution in [0.5, 0.6) is 11.5 Å². The first kappa shape index (κ1) is 27.7. The lowest BCUT2D eigenvalue weighted by Crippen LogP contribution is -2.17. The van der Waals surface area contributed by atoms with E-state index in [1.807, 2.05) is 13.8 Å². The fourth-order valence-electron chi connectivity index (χ4n) is 3.47. The van der Waals surface area contributed by atoms with Gasteiger partial charge >= 0.3 is 5.97 Å². The Balaban J connectivity index is 1.85. The number of carbonyl (C=O) groups is 2. The van der Waals surface area contributed by atoms with Gasteiger partial charge < -0.3 is 41.3 Å². The molecule has 12 nitrogen and oxygen atoms in total. The van der Waals surface area contributed by atoms with E-state index in [-0.39, 0.29) is 42.2 Å². The van der Waals surface area contributed by atoms with Crippen molar-refractivity contribution in [2.45, 2.75) is 33.1 Å². The lowest BCUT2D eigenvalue weighted by atomic mass is 10.1. The van der Waals surface area contributed by atoms with E-state index in [1.54, 1.807) is 48.5 Å². The second-order valence-corrected chi connectivity index (χ2v) is 8.36. The summed E-state index contributed by atoms with van der Waals surface area (Å²) in [6, 6.07) is 12.9. The highest BCUT2D eigenvalue weighted by molar-refractivity contribution is 6.07. The Bertz CT molecular complexity index is 1310. The van der Waals surface area contributed by atoms with Gasteiger partial charge in [-0.25, -0.2) is 9.78 Å². The van der Waals surface area contributed by atoms with Crippen molar-refractivity contribution >= 4 is 29.2 Å². The van der Waals surface area contributed by atoms with Gasteiger partial charge in [0, 0.05) is 29.6 Å². The van der Waals surface area contributed by atoms with Gasteiger partial charge in [-0.1, -0.05) is 5.16 Å². The maximum absolute atomic E-state index is 13.0. The third-order valence-electron chi connectivity index (χ3n) is 5.12. The Labute approximate surface area is 218 Å². The van der Waals surface area contributed by atoms with Gasteiger partial charge in [0.25, 0.3) is 5.91 Å². The average Bonchev–Trinajstić information content (AvgIpc) is 2.90. The van der Waals surface area contributed by atoms with Crippen LogP contribution in [0.25, 0.3) is 0 Å². The fourth-order valence-corrected chi connectivity index (χ4v) is 3.47. The van der Waals surface area contributed by atoms with E-state index < -0.39 is 18.5 Å². The van der Waals surface area contributed by atoms with Crippen molar-refractivity contribution < 1.29 is 34.5 Å². The summed E-state index contributed by atoms with van der Waals surface area (Å²) in [7, 11) is 0. The van der Waals surface area contributed by atoms with Gasteiger partial charge in [-0.05, 0) is 67.9 Å². The molecule has 3 rings (SSSR count). The molecule has 0 aliphatic rings. The number of hydrogen-bond donors (Lipinski definition) is 6.